The Balaban J connectivity index is 1.21. The zero-order valence-electron chi connectivity index (χ0n) is 21.4. The van der Waals surface area contributed by atoms with Crippen LogP contribution in [0.25, 0.3) is 0 Å². The third kappa shape index (κ3) is 5.50. The summed E-state index contributed by atoms with van der Waals surface area (Å²) < 4.78 is 5.23. The summed E-state index contributed by atoms with van der Waals surface area (Å²) in [4.78, 5) is 41.8. The number of nitrogens with zero attached hydrogens (tertiary/aromatic N) is 9. The summed E-state index contributed by atoms with van der Waals surface area (Å²) in [6.45, 7) is 5.64. The van der Waals surface area contributed by atoms with Crippen LogP contribution in [0, 0.1) is 0 Å². The number of nitrogens with one attached hydrogen (secondary N) is 3. The Bertz CT molecular complexity index is 1240. The molecule has 3 aliphatic rings. The van der Waals surface area contributed by atoms with Crippen LogP contribution >= 0.6 is 0 Å². The van der Waals surface area contributed by atoms with Crippen LogP contribution in [0.2, 0.25) is 0 Å². The molecule has 38 heavy (non-hydrogen) atoms. The fourth-order valence-corrected chi connectivity index (χ4v) is 4.66. The Hall–Kier alpha value is -3.91. The minimum absolute atomic E-state index is 0.165. The smallest absolute Gasteiger partial charge is 0.248 e. The second kappa shape index (κ2) is 10.8. The molecule has 0 aromatic carbocycles. The van der Waals surface area contributed by atoms with Gasteiger partial charge in [0, 0.05) is 76.5 Å². The standard InChI is InChI=1S/C24H32N12O2/c1-38-13-12-34-8-10-35(11-9-34)23-29-22(28-19-14-17(32-33-19)16-2-3-16)30-24(31-23)36-7-4-18(36)21(37)27-20-15-25-5-6-26-20/h5-6,14-16,18H,2-4,7-13H2,1H3,(H,26,27,37)(H2,28,29,30,31,32,33). The van der Waals surface area contributed by atoms with Gasteiger partial charge < -0.3 is 25.2 Å². The van der Waals surface area contributed by atoms with Gasteiger partial charge >= 0.3 is 0 Å². The van der Waals surface area contributed by atoms with E-state index in [4.69, 9.17) is 14.7 Å². The lowest BCUT2D eigenvalue weighted by Gasteiger charge is -2.40. The zero-order valence-corrected chi connectivity index (χ0v) is 21.4. The first-order valence-electron chi connectivity index (χ1n) is 13.0. The number of rotatable bonds is 10. The van der Waals surface area contributed by atoms with Crippen LogP contribution in [-0.2, 0) is 9.53 Å². The average molecular weight is 521 g/mol. The van der Waals surface area contributed by atoms with Crippen molar-refractivity contribution in [3.8, 4) is 0 Å². The molecule has 14 heteroatoms. The Morgan fingerprint density at radius 2 is 1.89 bits per heavy atom. The van der Waals surface area contributed by atoms with E-state index >= 15 is 0 Å². The normalized spacial score (nSPS) is 19.8. The molecule has 3 aromatic rings. The van der Waals surface area contributed by atoms with E-state index in [2.05, 4.69) is 45.6 Å². The maximum absolute atomic E-state index is 13.0. The first-order chi connectivity index (χ1) is 18.7. The van der Waals surface area contributed by atoms with E-state index in [1.807, 2.05) is 11.0 Å². The van der Waals surface area contributed by atoms with Gasteiger partial charge in [0.1, 0.15) is 6.04 Å². The number of aromatic amines is 1. The molecule has 1 amide bonds. The molecular weight excluding hydrogens is 488 g/mol. The molecule has 6 rings (SSSR count). The van der Waals surface area contributed by atoms with Crippen LogP contribution in [0.5, 0.6) is 0 Å². The molecule has 5 heterocycles. The van der Waals surface area contributed by atoms with Crippen LogP contribution in [0.15, 0.2) is 24.7 Å². The number of carbonyl (C=O) groups excluding carboxylic acids is 1. The molecule has 0 radical (unpaired) electrons. The fourth-order valence-electron chi connectivity index (χ4n) is 4.66. The highest BCUT2D eigenvalue weighted by atomic mass is 16.5. The maximum Gasteiger partial charge on any atom is 0.248 e. The number of piperazine rings is 1. The highest BCUT2D eigenvalue weighted by Crippen LogP contribution is 2.39. The molecule has 0 bridgehead atoms. The van der Waals surface area contributed by atoms with Crippen molar-refractivity contribution in [1.82, 2.24) is 40.0 Å². The van der Waals surface area contributed by atoms with Gasteiger partial charge in [-0.1, -0.05) is 0 Å². The van der Waals surface area contributed by atoms with Gasteiger partial charge in [-0.3, -0.25) is 19.8 Å². The predicted molar refractivity (Wildman–Crippen MR) is 141 cm³/mol. The molecule has 1 atom stereocenters. The number of aromatic nitrogens is 7. The number of H-pyrrole nitrogens is 1. The molecule has 14 nitrogen and oxygen atoms in total. The van der Waals surface area contributed by atoms with Crippen LogP contribution in [-0.4, -0.2) is 105 Å². The lowest BCUT2D eigenvalue weighted by molar-refractivity contribution is -0.118. The number of carbonyl (C=O) groups is 1. The topological polar surface area (TPSA) is 153 Å². The van der Waals surface area contributed by atoms with Gasteiger partial charge in [0.15, 0.2) is 11.6 Å². The van der Waals surface area contributed by atoms with Crippen molar-refractivity contribution in [2.45, 2.75) is 31.2 Å². The van der Waals surface area contributed by atoms with Gasteiger partial charge in [0.05, 0.1) is 12.8 Å². The van der Waals surface area contributed by atoms with Crippen molar-refractivity contribution < 1.29 is 9.53 Å². The van der Waals surface area contributed by atoms with Crippen molar-refractivity contribution in [2.75, 3.05) is 73.4 Å². The highest BCUT2D eigenvalue weighted by Gasteiger charge is 2.37. The summed E-state index contributed by atoms with van der Waals surface area (Å²) >= 11 is 0. The predicted octanol–water partition coefficient (Wildman–Crippen LogP) is 0.992. The molecule has 0 spiro atoms. The van der Waals surface area contributed by atoms with E-state index in [9.17, 15) is 4.79 Å². The SMILES string of the molecule is COCCN1CCN(c2nc(Nc3cc(C4CC4)[nH]n3)nc(N3CCC3C(=O)Nc3cnccn3)n2)CC1. The molecule has 2 saturated heterocycles. The molecule has 1 unspecified atom stereocenters. The van der Waals surface area contributed by atoms with E-state index in [0.717, 1.165) is 38.4 Å². The van der Waals surface area contributed by atoms with Gasteiger partial charge in [-0.2, -0.15) is 20.1 Å². The summed E-state index contributed by atoms with van der Waals surface area (Å²) in [5.74, 6) is 2.93. The molecule has 1 saturated carbocycles. The fraction of sp³-hybridized carbons (Fsp3) is 0.542. The van der Waals surface area contributed by atoms with E-state index in [1.165, 1.54) is 19.0 Å². The lowest BCUT2D eigenvalue weighted by Crippen LogP contribution is -2.55. The Kier molecular flexibility index (Phi) is 6.96. The van der Waals surface area contributed by atoms with E-state index in [1.54, 1.807) is 19.5 Å². The Labute approximate surface area is 220 Å². The largest absolute Gasteiger partial charge is 0.383 e. The third-order valence-corrected chi connectivity index (χ3v) is 7.13. The number of methoxy groups -OCH3 is 1. The summed E-state index contributed by atoms with van der Waals surface area (Å²) in [5, 5.41) is 13.6. The van der Waals surface area contributed by atoms with Crippen molar-refractivity contribution in [2.24, 2.45) is 0 Å². The molecule has 200 valence electrons. The lowest BCUT2D eigenvalue weighted by atomic mass is 10.0. The highest BCUT2D eigenvalue weighted by molar-refractivity contribution is 5.97. The Morgan fingerprint density at radius 1 is 1.05 bits per heavy atom. The second-order valence-electron chi connectivity index (χ2n) is 9.77. The van der Waals surface area contributed by atoms with Gasteiger partial charge in [0.2, 0.25) is 23.8 Å². The van der Waals surface area contributed by atoms with Gasteiger partial charge in [0.25, 0.3) is 0 Å². The first-order valence-corrected chi connectivity index (χ1v) is 13.0. The molecule has 1 aliphatic carbocycles. The van der Waals surface area contributed by atoms with Crippen molar-refractivity contribution in [3.05, 3.63) is 30.4 Å². The number of amides is 1. The van der Waals surface area contributed by atoms with Crippen LogP contribution in [0.1, 0.15) is 30.9 Å². The van der Waals surface area contributed by atoms with Crippen molar-refractivity contribution in [1.29, 1.82) is 0 Å². The number of hydrogen-bond acceptors (Lipinski definition) is 12. The average Bonchev–Trinajstić information content (AvgIpc) is 3.66. The number of ether oxygens (including phenoxy) is 1. The molecule has 3 N–H and O–H groups in total. The van der Waals surface area contributed by atoms with Crippen molar-refractivity contribution >= 4 is 35.4 Å². The molecule has 2 aliphatic heterocycles. The number of hydrogen-bond donors (Lipinski definition) is 3. The molecule has 3 fully saturated rings. The van der Waals surface area contributed by atoms with Crippen LogP contribution in [0.4, 0.5) is 29.5 Å². The van der Waals surface area contributed by atoms with Gasteiger partial charge in [-0.25, -0.2) is 4.98 Å². The minimum Gasteiger partial charge on any atom is -0.383 e. The number of anilines is 5. The first kappa shape index (κ1) is 24.4. The molecular formula is C24H32N12O2. The Morgan fingerprint density at radius 3 is 2.61 bits per heavy atom. The summed E-state index contributed by atoms with van der Waals surface area (Å²) in [5.41, 5.74) is 1.12. The quantitative estimate of drug-likeness (QED) is 0.349. The van der Waals surface area contributed by atoms with Crippen molar-refractivity contribution in [3.63, 3.8) is 0 Å². The van der Waals surface area contributed by atoms with Gasteiger partial charge in [-0.15, -0.1) is 0 Å². The van der Waals surface area contributed by atoms with E-state index in [0.29, 0.717) is 55.0 Å². The molecule has 3 aromatic heterocycles. The third-order valence-electron chi connectivity index (χ3n) is 7.13. The van der Waals surface area contributed by atoms with E-state index in [-0.39, 0.29) is 5.91 Å². The van der Waals surface area contributed by atoms with E-state index < -0.39 is 6.04 Å². The summed E-state index contributed by atoms with van der Waals surface area (Å²) in [6, 6.07) is 1.61. The minimum atomic E-state index is -0.405. The van der Waals surface area contributed by atoms with Crippen LogP contribution < -0.4 is 20.4 Å². The zero-order chi connectivity index (χ0) is 25.9. The second-order valence-corrected chi connectivity index (χ2v) is 9.77. The summed E-state index contributed by atoms with van der Waals surface area (Å²) in [7, 11) is 1.72. The maximum atomic E-state index is 13.0. The summed E-state index contributed by atoms with van der Waals surface area (Å²) in [6.07, 6.45) is 7.70. The monoisotopic (exact) mass is 520 g/mol. The van der Waals surface area contributed by atoms with Crippen LogP contribution in [0.3, 0.4) is 0 Å². The van der Waals surface area contributed by atoms with Gasteiger partial charge in [-0.05, 0) is 19.3 Å².